The van der Waals surface area contributed by atoms with Crippen LogP contribution in [-0.4, -0.2) is 0 Å². The second-order valence-electron chi connectivity index (χ2n) is 4.56. The lowest BCUT2D eigenvalue weighted by Crippen LogP contribution is -1.81. The Morgan fingerprint density at radius 3 is 2.00 bits per heavy atom. The lowest BCUT2D eigenvalue weighted by atomic mass is 10.1. The van der Waals surface area contributed by atoms with E-state index in [0.717, 1.165) is 6.42 Å². The van der Waals surface area contributed by atoms with Crippen molar-refractivity contribution in [3.8, 4) is 0 Å². The second kappa shape index (κ2) is 8.52. The van der Waals surface area contributed by atoms with E-state index >= 15 is 0 Å². The van der Waals surface area contributed by atoms with E-state index in [-0.39, 0.29) is 0 Å². The number of allylic oxidation sites excluding steroid dienone is 6. The van der Waals surface area contributed by atoms with Gasteiger partial charge in [-0.2, -0.15) is 0 Å². The van der Waals surface area contributed by atoms with E-state index in [0.29, 0.717) is 0 Å². The Labute approximate surface area is 95.8 Å². The highest BCUT2D eigenvalue weighted by molar-refractivity contribution is 5.05. The molecule has 0 aromatic heterocycles. The third kappa shape index (κ3) is 9.52. The zero-order valence-electron chi connectivity index (χ0n) is 11.1. The van der Waals surface area contributed by atoms with Crippen molar-refractivity contribution >= 4 is 0 Å². The molecule has 0 aromatic rings. The van der Waals surface area contributed by atoms with Crippen molar-refractivity contribution in [2.24, 2.45) is 0 Å². The van der Waals surface area contributed by atoms with Crippen LogP contribution in [0.4, 0.5) is 0 Å². The van der Waals surface area contributed by atoms with Gasteiger partial charge in [0.15, 0.2) is 0 Å². The van der Waals surface area contributed by atoms with Crippen molar-refractivity contribution < 1.29 is 0 Å². The highest BCUT2D eigenvalue weighted by atomic mass is 14.0. The summed E-state index contributed by atoms with van der Waals surface area (Å²) < 4.78 is 0. The van der Waals surface area contributed by atoms with Crippen LogP contribution in [0.15, 0.2) is 34.9 Å². The van der Waals surface area contributed by atoms with Crippen LogP contribution in [0.5, 0.6) is 0 Å². The average molecular weight is 206 g/mol. The number of rotatable bonds is 6. The normalized spacial score (nSPS) is 12.9. The van der Waals surface area contributed by atoms with E-state index in [1.807, 2.05) is 0 Å². The van der Waals surface area contributed by atoms with E-state index in [2.05, 4.69) is 52.8 Å². The maximum atomic E-state index is 2.35. The van der Waals surface area contributed by atoms with E-state index < -0.39 is 0 Å². The molecule has 0 saturated heterocycles. The first-order chi connectivity index (χ1) is 7.06. The van der Waals surface area contributed by atoms with Gasteiger partial charge in [-0.05, 0) is 60.3 Å². The van der Waals surface area contributed by atoms with Gasteiger partial charge in [0, 0.05) is 0 Å². The van der Waals surface area contributed by atoms with Crippen LogP contribution in [-0.2, 0) is 0 Å². The van der Waals surface area contributed by atoms with Crippen molar-refractivity contribution in [3.63, 3.8) is 0 Å². The minimum absolute atomic E-state index is 1.09. The van der Waals surface area contributed by atoms with Gasteiger partial charge in [0.05, 0.1) is 0 Å². The molecule has 0 rings (SSSR count). The fourth-order valence-electron chi connectivity index (χ4n) is 1.39. The van der Waals surface area contributed by atoms with Crippen molar-refractivity contribution in [2.75, 3.05) is 0 Å². The standard InChI is InChI=1S/C15H26/c1-6-14(4)10-8-12-15(5)11-7-9-13(2)3/h6,9,11H,7-8,10,12H2,1-5H3/b14-6+,15-11+. The first kappa shape index (κ1) is 14.2. The van der Waals surface area contributed by atoms with Gasteiger partial charge < -0.3 is 0 Å². The van der Waals surface area contributed by atoms with Crippen molar-refractivity contribution in [1.29, 1.82) is 0 Å². The Hall–Kier alpha value is -0.780. The van der Waals surface area contributed by atoms with Crippen LogP contribution in [0.2, 0.25) is 0 Å². The number of hydrogen-bond acceptors (Lipinski definition) is 0. The van der Waals surface area contributed by atoms with E-state index in [4.69, 9.17) is 0 Å². The smallest absolute Gasteiger partial charge is 0.0164 e. The molecule has 0 atom stereocenters. The van der Waals surface area contributed by atoms with Gasteiger partial charge in [0.2, 0.25) is 0 Å². The molecule has 86 valence electrons. The van der Waals surface area contributed by atoms with Crippen LogP contribution >= 0.6 is 0 Å². The maximum Gasteiger partial charge on any atom is -0.0164 e. The van der Waals surface area contributed by atoms with Gasteiger partial charge in [-0.3, -0.25) is 0 Å². The molecule has 0 fully saturated rings. The molecule has 0 amide bonds. The zero-order chi connectivity index (χ0) is 11.7. The predicted octanol–water partition coefficient (Wildman–Crippen LogP) is 5.43. The van der Waals surface area contributed by atoms with Gasteiger partial charge in [-0.25, -0.2) is 0 Å². The largest absolute Gasteiger partial charge is 0.0887 e. The highest BCUT2D eigenvalue weighted by Crippen LogP contribution is 2.12. The molecule has 0 aromatic carbocycles. The van der Waals surface area contributed by atoms with Gasteiger partial charge >= 0.3 is 0 Å². The Kier molecular flexibility index (Phi) is 8.08. The summed E-state index contributed by atoms with van der Waals surface area (Å²) in [6, 6.07) is 0. The summed E-state index contributed by atoms with van der Waals surface area (Å²) in [7, 11) is 0. The summed E-state index contributed by atoms with van der Waals surface area (Å²) in [5, 5.41) is 0. The lowest BCUT2D eigenvalue weighted by Gasteiger charge is -2.01. The molecular weight excluding hydrogens is 180 g/mol. The molecule has 0 aliphatic heterocycles. The van der Waals surface area contributed by atoms with Crippen LogP contribution in [0, 0.1) is 0 Å². The SMILES string of the molecule is C/C=C(\C)CCC/C(C)=C/CC=C(C)C. The molecule has 0 heterocycles. The van der Waals surface area contributed by atoms with Crippen LogP contribution in [0.3, 0.4) is 0 Å². The molecule has 0 aliphatic carbocycles. The van der Waals surface area contributed by atoms with E-state index in [1.165, 1.54) is 36.0 Å². The second-order valence-corrected chi connectivity index (χ2v) is 4.56. The molecule has 0 unspecified atom stereocenters. The third-order valence-corrected chi connectivity index (χ3v) is 2.63. The molecule has 0 radical (unpaired) electrons. The Bertz CT molecular complexity index is 247. The molecule has 0 saturated carbocycles. The minimum Gasteiger partial charge on any atom is -0.0887 e. The van der Waals surface area contributed by atoms with Crippen molar-refractivity contribution in [1.82, 2.24) is 0 Å². The first-order valence-electron chi connectivity index (χ1n) is 5.97. The summed E-state index contributed by atoms with van der Waals surface area (Å²) in [6.45, 7) is 10.9. The fraction of sp³-hybridized carbons (Fsp3) is 0.600. The van der Waals surface area contributed by atoms with Gasteiger partial charge in [-0.1, -0.05) is 34.9 Å². The van der Waals surface area contributed by atoms with E-state index in [1.54, 1.807) is 0 Å². The Balaban J connectivity index is 3.74. The summed E-state index contributed by atoms with van der Waals surface area (Å²) in [4.78, 5) is 0. The maximum absolute atomic E-state index is 2.35. The van der Waals surface area contributed by atoms with Gasteiger partial charge in [0.1, 0.15) is 0 Å². The monoisotopic (exact) mass is 206 g/mol. The molecule has 0 nitrogen and oxygen atoms in total. The van der Waals surface area contributed by atoms with Gasteiger partial charge in [-0.15, -0.1) is 0 Å². The summed E-state index contributed by atoms with van der Waals surface area (Å²) >= 11 is 0. The average Bonchev–Trinajstić information content (AvgIpc) is 2.17. The molecule has 0 bridgehead atoms. The quantitative estimate of drug-likeness (QED) is 0.509. The summed E-state index contributed by atoms with van der Waals surface area (Å²) in [5.41, 5.74) is 4.44. The molecule has 0 heteroatoms. The highest BCUT2D eigenvalue weighted by Gasteiger charge is 1.92. The molecule has 0 N–H and O–H groups in total. The van der Waals surface area contributed by atoms with Crippen molar-refractivity contribution in [3.05, 3.63) is 34.9 Å². The third-order valence-electron chi connectivity index (χ3n) is 2.63. The molecule has 15 heavy (non-hydrogen) atoms. The Morgan fingerprint density at radius 2 is 1.47 bits per heavy atom. The van der Waals surface area contributed by atoms with Crippen LogP contribution in [0.1, 0.15) is 60.3 Å². The zero-order valence-corrected chi connectivity index (χ0v) is 11.1. The van der Waals surface area contributed by atoms with Gasteiger partial charge in [0.25, 0.3) is 0 Å². The van der Waals surface area contributed by atoms with Crippen molar-refractivity contribution in [2.45, 2.75) is 60.3 Å². The summed E-state index contributed by atoms with van der Waals surface area (Å²) in [5.74, 6) is 0. The summed E-state index contributed by atoms with van der Waals surface area (Å²) in [6.07, 6.45) is 11.7. The molecular formula is C15H26. The molecule has 0 spiro atoms. The predicted molar refractivity (Wildman–Crippen MR) is 71.1 cm³/mol. The molecule has 0 aliphatic rings. The Morgan fingerprint density at radius 1 is 0.867 bits per heavy atom. The minimum atomic E-state index is 1.09. The van der Waals surface area contributed by atoms with Crippen LogP contribution < -0.4 is 0 Å². The lowest BCUT2D eigenvalue weighted by molar-refractivity contribution is 0.799. The van der Waals surface area contributed by atoms with E-state index in [9.17, 15) is 0 Å². The fourth-order valence-corrected chi connectivity index (χ4v) is 1.39. The van der Waals surface area contributed by atoms with Crippen LogP contribution in [0.25, 0.3) is 0 Å². The topological polar surface area (TPSA) is 0 Å². The first-order valence-corrected chi connectivity index (χ1v) is 5.97. The number of hydrogen-bond donors (Lipinski definition) is 0.